The quantitative estimate of drug-likeness (QED) is 0.0221. The monoisotopic (exact) mass is 1660 g/mol. The maximum atomic E-state index is 15.0. The van der Waals surface area contributed by atoms with Gasteiger partial charge in [-0.2, -0.15) is 0 Å². The van der Waals surface area contributed by atoms with Crippen molar-refractivity contribution in [2.45, 2.75) is 236 Å². The minimum atomic E-state index is -2.80. The number of carbonyl (C=O) groups excluding carboxylic acids is 16. The van der Waals surface area contributed by atoms with Gasteiger partial charge in [-0.15, -0.1) is 0 Å². The maximum absolute atomic E-state index is 15.0. The number of carboxylic acid groups (broad SMARTS) is 4. The van der Waals surface area contributed by atoms with Gasteiger partial charge in [-0.3, -0.25) is 86.3 Å². The topological polar surface area (TPSA) is 702 Å². The van der Waals surface area contributed by atoms with Gasteiger partial charge in [-0.05, 0) is 81.9 Å². The molecule has 1 aliphatic rings. The maximum Gasteiger partial charge on any atom is 0.335 e. The van der Waals surface area contributed by atoms with E-state index in [1.165, 1.54) is 13.8 Å². The zero-order chi connectivity index (χ0) is 88.2. The molecule has 0 bridgehead atoms. The number of nitrogens with two attached hydrogens (primary N) is 3. The number of aliphatic carboxylic acids is 4. The Bertz CT molecular complexity index is 3890. The van der Waals surface area contributed by atoms with Gasteiger partial charge in [0.1, 0.15) is 72.6 Å². The molecule has 1 aromatic carbocycles. The molecule has 15 amide bonds. The molecule has 1 saturated heterocycles. The second-order valence-corrected chi connectivity index (χ2v) is 28.9. The van der Waals surface area contributed by atoms with Crippen LogP contribution < -0.4 is 81.0 Å². The summed E-state index contributed by atoms with van der Waals surface area (Å²) >= 11 is 0. The SMILES string of the molecule is CCC(C)C1NC(=O)C(C(C)CC(=O)O)NC(=O)C(CC(N)=O)NC(=O)CNC(=O)C(C(OC)C(=O)O)NC(=O)C(CCCCN)NC(=O)C(CC(=O)O)NC(=O)C(C)NC(=O)CN(C)C(=O)C(NC(=O)C(NC(=O)C(CCC(=O)O)NC(=O)C(Cc2c[nH]c3ccccc23)NC(=O)CCCCCCC(C)C)C(O)C(N)=O)[C@H](C)OC1=O. The molecular weight excluding hydrogens is 1550 g/mol. The number of unbranched alkanes of at least 4 members (excludes halogenated alkanes) is 4. The van der Waals surface area contributed by atoms with E-state index in [-0.39, 0.29) is 45.1 Å². The number of hydrogen-bond donors (Lipinski definition) is 21. The first kappa shape index (κ1) is 99.2. The molecule has 0 aliphatic carbocycles. The number of esters is 1. The lowest BCUT2D eigenvalue weighted by atomic mass is 9.94. The van der Waals surface area contributed by atoms with Crippen molar-refractivity contribution in [1.29, 1.82) is 0 Å². The van der Waals surface area contributed by atoms with Crippen LogP contribution in [0.5, 0.6) is 0 Å². The number of fused-ring (bicyclic) bond motifs is 1. The van der Waals surface area contributed by atoms with Gasteiger partial charge >= 0.3 is 29.8 Å². The van der Waals surface area contributed by atoms with Crippen LogP contribution in [0.4, 0.5) is 0 Å². The third kappa shape index (κ3) is 33.4. The summed E-state index contributed by atoms with van der Waals surface area (Å²) in [5, 5.41) is 78.4. The molecule has 117 heavy (non-hydrogen) atoms. The number of ether oxygens (including phenoxy) is 2. The number of hydrogen-bond acceptors (Lipinski definition) is 24. The highest BCUT2D eigenvalue weighted by Gasteiger charge is 2.44. The Labute approximate surface area is 672 Å². The molecular formula is C73H111N17O27. The number of aliphatic hydroxyl groups excluding tert-OH is 1. The standard InChI is InChI=1S/C73H111N17O27/c1-10-35(4)55-73(115)117-38(7)56(87-70(111)57(59(101)61(76)102)88-64(105)43(24-25-51(95)96)83-65(106)44(28-39-31-77-41-21-16-15-20-40(39)41)80-48(92)23-14-12-11-13-19-34(2)3)71(112)90(8)33-50(94)79-37(6)62(103)84-46(30-53(99)100)66(107)82-42(22-17-18-26-74)63(104)89-58(60(116-9)72(113)114)68(109)78-32-49(93)81-45(29-47(75)91)67(108)85-54(69(110)86-55)36(5)27-52(97)98/h15-16,20-21,31,34-38,42-46,54-60,77,101H,10-14,17-19,22-30,32-33,74H2,1-9H3,(H2,75,91)(H2,76,102)(H,78,109)(H,79,94)(H,80,92)(H,81,93)(H,82,107)(H,83,106)(H,84,103)(H,85,108)(H,86,110)(H,87,111)(H,88,105)(H,89,104)(H,95,96)(H,97,98)(H,99,100)(H,113,114)/t35?,36?,37?,38-,42?,43?,44?,45?,46?,54?,55?,56?,57?,58?,59?,60?/m0/s1. The first-order valence-corrected chi connectivity index (χ1v) is 37.9. The van der Waals surface area contributed by atoms with E-state index in [0.717, 1.165) is 54.2 Å². The van der Waals surface area contributed by atoms with Gasteiger partial charge < -0.3 is 126 Å². The van der Waals surface area contributed by atoms with Crippen molar-refractivity contribution in [1.82, 2.24) is 73.7 Å². The Hall–Kier alpha value is -12.0. The lowest BCUT2D eigenvalue weighted by molar-refractivity contribution is -0.159. The number of benzene rings is 1. The Balaban J connectivity index is 2.30. The average molecular weight is 1660 g/mol. The van der Waals surface area contributed by atoms with Crippen molar-refractivity contribution in [2.75, 3.05) is 33.8 Å². The van der Waals surface area contributed by atoms with Gasteiger partial charge in [0, 0.05) is 50.5 Å². The second-order valence-electron chi connectivity index (χ2n) is 28.9. The van der Waals surface area contributed by atoms with Crippen LogP contribution in [-0.4, -0.2) is 272 Å². The highest BCUT2D eigenvalue weighted by Crippen LogP contribution is 2.22. The van der Waals surface area contributed by atoms with Crippen LogP contribution in [0.25, 0.3) is 10.9 Å². The Kier molecular flexibility index (Phi) is 41.6. The normalized spacial score (nSPS) is 22.1. The number of rotatable bonds is 37. The first-order chi connectivity index (χ1) is 54.9. The fourth-order valence-corrected chi connectivity index (χ4v) is 12.1. The molecule has 1 aromatic heterocycles. The number of nitrogens with zero attached hydrogens (tertiary/aromatic N) is 1. The number of nitrogens with one attached hydrogen (secondary N) is 13. The predicted octanol–water partition coefficient (Wildman–Crippen LogP) is -5.97. The molecule has 0 saturated carbocycles. The van der Waals surface area contributed by atoms with E-state index in [0.29, 0.717) is 40.1 Å². The summed E-state index contributed by atoms with van der Waals surface area (Å²) in [4.78, 5) is 278. The fourth-order valence-electron chi connectivity index (χ4n) is 12.1. The zero-order valence-corrected chi connectivity index (χ0v) is 66.5. The van der Waals surface area contributed by atoms with Gasteiger partial charge in [-0.25, -0.2) is 9.59 Å². The van der Waals surface area contributed by atoms with Crippen LogP contribution in [0.1, 0.15) is 150 Å². The van der Waals surface area contributed by atoms with Crippen LogP contribution >= 0.6 is 0 Å². The predicted molar refractivity (Wildman–Crippen MR) is 408 cm³/mol. The van der Waals surface area contributed by atoms with Crippen molar-refractivity contribution in [3.63, 3.8) is 0 Å². The highest BCUT2D eigenvalue weighted by atomic mass is 16.5. The molecule has 1 aliphatic heterocycles. The molecule has 0 spiro atoms. The van der Waals surface area contributed by atoms with E-state index in [9.17, 15) is 117 Å². The molecule has 44 heteroatoms. The number of carboxylic acids is 4. The second kappa shape index (κ2) is 49.1. The number of amides is 15. The smallest absolute Gasteiger partial charge is 0.335 e. The summed E-state index contributed by atoms with van der Waals surface area (Å²) < 4.78 is 10.8. The molecule has 0 radical (unpaired) electrons. The molecule has 16 atom stereocenters. The Morgan fingerprint density at radius 1 is 0.624 bits per heavy atom. The summed E-state index contributed by atoms with van der Waals surface area (Å²) in [5.74, 6) is -30.6. The van der Waals surface area contributed by atoms with E-state index in [2.05, 4.69) is 72.0 Å². The largest absolute Gasteiger partial charge is 0.481 e. The minimum Gasteiger partial charge on any atom is -0.481 e. The number of aromatic amines is 1. The van der Waals surface area contributed by atoms with E-state index >= 15 is 4.79 Å². The molecule has 650 valence electrons. The number of likely N-dealkylation sites (N-methyl/N-ethyl adjacent to an activating group) is 1. The van der Waals surface area contributed by atoms with Crippen LogP contribution in [0.2, 0.25) is 0 Å². The summed E-state index contributed by atoms with van der Waals surface area (Å²) in [6.07, 6.45) is -7.20. The molecule has 15 unspecified atom stereocenters. The van der Waals surface area contributed by atoms with Crippen molar-refractivity contribution in [3.8, 4) is 0 Å². The van der Waals surface area contributed by atoms with Gasteiger partial charge in [0.2, 0.25) is 88.6 Å². The van der Waals surface area contributed by atoms with Crippen LogP contribution in [-0.2, 0) is 112 Å². The molecule has 3 rings (SSSR count). The van der Waals surface area contributed by atoms with E-state index in [1.807, 2.05) is 10.6 Å². The Morgan fingerprint density at radius 2 is 1.23 bits per heavy atom. The number of primary amides is 2. The van der Waals surface area contributed by atoms with Gasteiger partial charge in [-0.1, -0.05) is 84.9 Å². The van der Waals surface area contributed by atoms with Crippen molar-refractivity contribution >= 4 is 129 Å². The summed E-state index contributed by atoms with van der Waals surface area (Å²) in [6, 6.07) is -15.8. The van der Waals surface area contributed by atoms with Gasteiger partial charge in [0.15, 0.2) is 12.2 Å². The highest BCUT2D eigenvalue weighted by molar-refractivity contribution is 6.03. The number of aromatic nitrogens is 1. The van der Waals surface area contributed by atoms with Crippen LogP contribution in [0.3, 0.4) is 0 Å². The lowest BCUT2D eigenvalue weighted by Crippen LogP contribution is -2.64. The van der Waals surface area contributed by atoms with E-state index < -0.39 is 260 Å². The number of aliphatic hydroxyl groups is 1. The molecule has 2 heterocycles. The molecule has 44 nitrogen and oxygen atoms in total. The van der Waals surface area contributed by atoms with Gasteiger partial charge in [0.25, 0.3) is 0 Å². The van der Waals surface area contributed by atoms with E-state index in [1.54, 1.807) is 30.5 Å². The van der Waals surface area contributed by atoms with Crippen LogP contribution in [0, 0.1) is 17.8 Å². The summed E-state index contributed by atoms with van der Waals surface area (Å²) in [5.41, 5.74) is 17.8. The number of carbonyl (C=O) groups is 20. The molecule has 1 fully saturated rings. The third-order valence-corrected chi connectivity index (χ3v) is 18.9. The van der Waals surface area contributed by atoms with E-state index in [4.69, 9.17) is 26.7 Å². The Morgan fingerprint density at radius 3 is 1.83 bits per heavy atom. The number of para-hydroxylation sites is 1. The van der Waals surface area contributed by atoms with Crippen molar-refractivity contribution in [2.24, 2.45) is 35.0 Å². The van der Waals surface area contributed by atoms with Crippen molar-refractivity contribution in [3.05, 3.63) is 36.0 Å². The lowest BCUT2D eigenvalue weighted by Gasteiger charge is -2.33. The first-order valence-electron chi connectivity index (χ1n) is 37.9. The number of cyclic esters (lactones) is 1. The fraction of sp³-hybridized carbons (Fsp3) is 0.616. The summed E-state index contributed by atoms with van der Waals surface area (Å²) in [6.45, 7) is 7.74. The summed E-state index contributed by atoms with van der Waals surface area (Å²) in [7, 11) is 1.70. The molecule has 2 aromatic rings. The average Bonchev–Trinajstić information content (AvgIpc) is 1.23. The zero-order valence-electron chi connectivity index (χ0n) is 66.5. The number of methoxy groups -OCH3 is 1. The molecule has 24 N–H and O–H groups in total. The number of H-pyrrole nitrogens is 1. The third-order valence-electron chi connectivity index (χ3n) is 18.9. The van der Waals surface area contributed by atoms with Crippen molar-refractivity contribution < 1.29 is 131 Å². The minimum absolute atomic E-state index is 0.00430. The van der Waals surface area contributed by atoms with Crippen LogP contribution in [0.15, 0.2) is 30.5 Å². The van der Waals surface area contributed by atoms with Gasteiger partial charge in [0.05, 0.1) is 32.4 Å².